The molecule has 0 bridgehead atoms. The van der Waals surface area contributed by atoms with Crippen molar-refractivity contribution in [2.75, 3.05) is 4.72 Å². The fraction of sp³-hybridized carbons (Fsp3) is 0.143. The van der Waals surface area contributed by atoms with Crippen LogP contribution in [-0.2, 0) is 10.0 Å². The number of aryl methyl sites for hydroxylation is 2. The maximum atomic E-state index is 13.2. The monoisotopic (exact) mass is 313 g/mol. The van der Waals surface area contributed by atoms with E-state index in [1.165, 1.54) is 18.2 Å². The maximum Gasteiger partial charge on any atom is 0.263 e. The van der Waals surface area contributed by atoms with Crippen LogP contribution < -0.4 is 4.72 Å². The zero-order valence-corrected chi connectivity index (χ0v) is 12.5. The van der Waals surface area contributed by atoms with Gasteiger partial charge < -0.3 is 0 Å². The van der Waals surface area contributed by atoms with Gasteiger partial charge in [0.05, 0.1) is 10.7 Å². The van der Waals surface area contributed by atoms with Gasteiger partial charge in [-0.1, -0.05) is 23.7 Å². The summed E-state index contributed by atoms with van der Waals surface area (Å²) in [5.74, 6) is -0.511. The number of rotatable bonds is 3. The molecular weight excluding hydrogens is 301 g/mol. The zero-order valence-electron chi connectivity index (χ0n) is 10.9. The molecule has 0 aliphatic rings. The van der Waals surface area contributed by atoms with Crippen LogP contribution in [0.15, 0.2) is 41.3 Å². The van der Waals surface area contributed by atoms with Gasteiger partial charge in [0.15, 0.2) is 0 Å². The molecule has 0 aliphatic carbocycles. The molecule has 6 heteroatoms. The van der Waals surface area contributed by atoms with Crippen LogP contribution in [0.4, 0.5) is 10.1 Å². The van der Waals surface area contributed by atoms with Crippen LogP contribution in [0.1, 0.15) is 11.1 Å². The Hall–Kier alpha value is -1.59. The molecule has 106 valence electrons. The number of hydrogen-bond donors (Lipinski definition) is 1. The third kappa shape index (κ3) is 3.11. The average molecular weight is 314 g/mol. The number of nitrogens with one attached hydrogen (secondary N) is 1. The van der Waals surface area contributed by atoms with Crippen molar-refractivity contribution in [3.63, 3.8) is 0 Å². The zero-order chi connectivity index (χ0) is 14.9. The maximum absolute atomic E-state index is 13.2. The second-order valence-corrected chi connectivity index (χ2v) is 6.56. The minimum atomic E-state index is -3.85. The fourth-order valence-electron chi connectivity index (χ4n) is 1.73. The summed E-state index contributed by atoms with van der Waals surface area (Å²) in [4.78, 5) is -0.0339. The highest BCUT2D eigenvalue weighted by Crippen LogP contribution is 2.26. The second-order valence-electron chi connectivity index (χ2n) is 4.50. The Morgan fingerprint density at radius 1 is 1.10 bits per heavy atom. The summed E-state index contributed by atoms with van der Waals surface area (Å²) in [6, 6.07) is 8.55. The highest BCUT2D eigenvalue weighted by Gasteiger charge is 2.19. The Morgan fingerprint density at radius 3 is 2.45 bits per heavy atom. The van der Waals surface area contributed by atoms with Gasteiger partial charge in [0.1, 0.15) is 10.7 Å². The summed E-state index contributed by atoms with van der Waals surface area (Å²) in [6.07, 6.45) is 0. The predicted molar refractivity (Wildman–Crippen MR) is 78.1 cm³/mol. The Bertz CT molecular complexity index is 760. The molecule has 3 nitrogen and oxygen atoms in total. The first kappa shape index (κ1) is 14.8. The molecule has 0 unspecified atom stereocenters. The van der Waals surface area contributed by atoms with Crippen molar-refractivity contribution in [2.24, 2.45) is 0 Å². The van der Waals surface area contributed by atoms with E-state index in [0.29, 0.717) is 5.56 Å². The molecule has 0 fully saturated rings. The number of benzene rings is 2. The van der Waals surface area contributed by atoms with Crippen molar-refractivity contribution in [1.82, 2.24) is 0 Å². The minimum Gasteiger partial charge on any atom is -0.279 e. The minimum absolute atomic E-state index is 0.0339. The number of sulfonamides is 1. The lowest BCUT2D eigenvalue weighted by molar-refractivity contribution is 0.601. The molecule has 0 saturated carbocycles. The Balaban J connectivity index is 2.43. The molecule has 0 saturated heterocycles. The van der Waals surface area contributed by atoms with Gasteiger partial charge in [-0.25, -0.2) is 12.8 Å². The fourth-order valence-corrected chi connectivity index (χ4v) is 3.45. The second kappa shape index (κ2) is 5.42. The SMILES string of the molecule is Cc1ccc(S(=O)(=O)Nc2cc(F)ccc2C)c(Cl)c1. The van der Waals surface area contributed by atoms with Crippen molar-refractivity contribution in [3.8, 4) is 0 Å². The molecule has 0 aliphatic heterocycles. The first-order valence-electron chi connectivity index (χ1n) is 5.85. The molecule has 2 aromatic carbocycles. The molecule has 0 radical (unpaired) electrons. The van der Waals surface area contributed by atoms with E-state index in [1.807, 2.05) is 6.92 Å². The lowest BCUT2D eigenvalue weighted by atomic mass is 10.2. The van der Waals surface area contributed by atoms with Crippen LogP contribution in [0.5, 0.6) is 0 Å². The van der Waals surface area contributed by atoms with E-state index < -0.39 is 15.8 Å². The highest BCUT2D eigenvalue weighted by molar-refractivity contribution is 7.92. The molecule has 0 aromatic heterocycles. The summed E-state index contributed by atoms with van der Waals surface area (Å²) in [7, 11) is -3.85. The van der Waals surface area contributed by atoms with Gasteiger partial charge in [-0.3, -0.25) is 4.72 Å². The first-order chi connectivity index (χ1) is 9.29. The van der Waals surface area contributed by atoms with Crippen molar-refractivity contribution in [3.05, 3.63) is 58.4 Å². The summed E-state index contributed by atoms with van der Waals surface area (Å²) in [6.45, 7) is 3.50. The van der Waals surface area contributed by atoms with Gasteiger partial charge in [0.25, 0.3) is 10.0 Å². The molecule has 0 amide bonds. The van der Waals surface area contributed by atoms with Crippen LogP contribution in [0.2, 0.25) is 5.02 Å². The summed E-state index contributed by atoms with van der Waals surface area (Å²) < 4.78 is 40.1. The van der Waals surface area contributed by atoms with Gasteiger partial charge in [-0.05, 0) is 49.2 Å². The van der Waals surface area contributed by atoms with E-state index in [1.54, 1.807) is 19.1 Å². The quantitative estimate of drug-likeness (QED) is 0.934. The summed E-state index contributed by atoms with van der Waals surface area (Å²) >= 11 is 5.96. The number of anilines is 1. The smallest absolute Gasteiger partial charge is 0.263 e. The van der Waals surface area contributed by atoms with Crippen molar-refractivity contribution >= 4 is 27.3 Å². The van der Waals surface area contributed by atoms with Gasteiger partial charge in [-0.2, -0.15) is 0 Å². The van der Waals surface area contributed by atoms with E-state index in [2.05, 4.69) is 4.72 Å². The van der Waals surface area contributed by atoms with Crippen LogP contribution in [0.3, 0.4) is 0 Å². The Labute approximate surface area is 122 Å². The summed E-state index contributed by atoms with van der Waals surface area (Å²) in [5.41, 5.74) is 1.68. The van der Waals surface area contributed by atoms with E-state index in [-0.39, 0.29) is 15.6 Å². The molecule has 2 aromatic rings. The van der Waals surface area contributed by atoms with Crippen molar-refractivity contribution in [2.45, 2.75) is 18.7 Å². The Morgan fingerprint density at radius 2 is 1.80 bits per heavy atom. The van der Waals surface area contributed by atoms with Gasteiger partial charge in [0, 0.05) is 0 Å². The van der Waals surface area contributed by atoms with Crippen LogP contribution >= 0.6 is 11.6 Å². The first-order valence-corrected chi connectivity index (χ1v) is 7.71. The van der Waals surface area contributed by atoms with Crippen molar-refractivity contribution < 1.29 is 12.8 Å². The van der Waals surface area contributed by atoms with Crippen LogP contribution in [0, 0.1) is 19.7 Å². The molecule has 1 N–H and O–H groups in total. The topological polar surface area (TPSA) is 46.2 Å². The summed E-state index contributed by atoms with van der Waals surface area (Å²) in [5, 5.41) is 0.131. The lowest BCUT2D eigenvalue weighted by Crippen LogP contribution is -2.14. The molecule has 0 atom stereocenters. The van der Waals surface area contributed by atoms with E-state index >= 15 is 0 Å². The molecule has 20 heavy (non-hydrogen) atoms. The standard InChI is InChI=1S/C14H13ClFNO2S/c1-9-3-6-14(12(15)7-9)20(18,19)17-13-8-11(16)5-4-10(13)2/h3-8,17H,1-2H3. The number of halogens is 2. The molecular formula is C14H13ClFNO2S. The number of hydrogen-bond acceptors (Lipinski definition) is 2. The van der Waals surface area contributed by atoms with Gasteiger partial charge >= 0.3 is 0 Å². The normalized spacial score (nSPS) is 11.4. The van der Waals surface area contributed by atoms with Crippen LogP contribution in [-0.4, -0.2) is 8.42 Å². The third-order valence-electron chi connectivity index (χ3n) is 2.82. The van der Waals surface area contributed by atoms with Crippen molar-refractivity contribution in [1.29, 1.82) is 0 Å². The third-order valence-corrected chi connectivity index (χ3v) is 4.67. The Kier molecular flexibility index (Phi) is 4.01. The molecule has 0 heterocycles. The molecule has 0 spiro atoms. The van der Waals surface area contributed by atoms with Crippen LogP contribution in [0.25, 0.3) is 0 Å². The van der Waals surface area contributed by atoms with Gasteiger partial charge in [-0.15, -0.1) is 0 Å². The van der Waals surface area contributed by atoms with Gasteiger partial charge in [0.2, 0.25) is 0 Å². The average Bonchev–Trinajstić information content (AvgIpc) is 2.33. The molecule has 2 rings (SSSR count). The largest absolute Gasteiger partial charge is 0.279 e. The van der Waals surface area contributed by atoms with E-state index in [9.17, 15) is 12.8 Å². The lowest BCUT2D eigenvalue weighted by Gasteiger charge is -2.12. The van der Waals surface area contributed by atoms with E-state index in [0.717, 1.165) is 11.6 Å². The van der Waals surface area contributed by atoms with E-state index in [4.69, 9.17) is 11.6 Å². The predicted octanol–water partition coefficient (Wildman–Crippen LogP) is 3.90. The highest BCUT2D eigenvalue weighted by atomic mass is 35.5.